The zero-order valence-corrected chi connectivity index (χ0v) is 10.3. The molecule has 2 atom stereocenters. The fraction of sp³-hybridized carbons (Fsp3) is 0.700. The Morgan fingerprint density at radius 2 is 2.00 bits per heavy atom. The Morgan fingerprint density at radius 3 is 2.50 bits per heavy atom. The molecule has 1 rings (SSSR count). The summed E-state index contributed by atoms with van der Waals surface area (Å²) in [5.74, 6) is -1.46. The highest BCUT2D eigenvalue weighted by atomic mass is 16.4. The first kappa shape index (κ1) is 14.2. The van der Waals surface area contributed by atoms with Gasteiger partial charge in [0.25, 0.3) is 0 Å². The Hall–Kier alpha value is -1.83. The average molecular weight is 259 g/mol. The Morgan fingerprint density at radius 1 is 1.39 bits per heavy atom. The van der Waals surface area contributed by atoms with Gasteiger partial charge in [0.1, 0.15) is 6.04 Å². The van der Waals surface area contributed by atoms with Crippen LogP contribution in [0.25, 0.3) is 0 Å². The molecule has 0 aliphatic carbocycles. The molecule has 0 aromatic rings. The summed E-state index contributed by atoms with van der Waals surface area (Å²) >= 11 is 0. The van der Waals surface area contributed by atoms with E-state index in [4.69, 9.17) is 5.11 Å². The van der Waals surface area contributed by atoms with Crippen molar-refractivity contribution in [1.82, 2.24) is 15.1 Å². The van der Waals surface area contributed by atoms with E-state index in [-0.39, 0.29) is 25.4 Å². The first-order valence-corrected chi connectivity index (χ1v) is 5.48. The predicted octanol–water partition coefficient (Wildman–Crippen LogP) is -1.70. The topological polar surface area (TPSA) is 110 Å². The van der Waals surface area contributed by atoms with Gasteiger partial charge < -0.3 is 25.3 Å². The van der Waals surface area contributed by atoms with Gasteiger partial charge in [-0.3, -0.25) is 4.79 Å². The van der Waals surface area contributed by atoms with Gasteiger partial charge in [-0.05, 0) is 0 Å². The quantitative estimate of drug-likeness (QED) is 0.560. The number of carboxylic acids is 1. The lowest BCUT2D eigenvalue weighted by atomic mass is 10.2. The summed E-state index contributed by atoms with van der Waals surface area (Å²) in [5, 5.41) is 20.6. The lowest BCUT2D eigenvalue weighted by Gasteiger charge is -2.21. The number of nitrogens with one attached hydrogen (secondary N) is 1. The summed E-state index contributed by atoms with van der Waals surface area (Å²) in [6, 6.07) is -1.70. The van der Waals surface area contributed by atoms with Crippen LogP contribution in [0.4, 0.5) is 4.79 Å². The third-order valence-electron chi connectivity index (χ3n) is 2.71. The SMILES string of the molecule is CN(C)C(=O)CNC(=O)N1CC(O)C[C@H]1C(=O)O. The second kappa shape index (κ2) is 5.67. The molecule has 1 saturated heterocycles. The third-order valence-corrected chi connectivity index (χ3v) is 2.71. The van der Waals surface area contributed by atoms with Crippen molar-refractivity contribution in [3.63, 3.8) is 0 Å². The van der Waals surface area contributed by atoms with E-state index in [1.165, 1.54) is 4.90 Å². The standard InChI is InChI=1S/C10H17N3O5/c1-12(2)8(15)4-11-10(18)13-5-6(14)3-7(13)9(16)17/h6-7,14H,3-5H2,1-2H3,(H,11,18)(H,16,17)/t6?,7-/m0/s1. The number of aliphatic carboxylic acids is 1. The molecule has 8 heteroatoms. The van der Waals surface area contributed by atoms with Crippen molar-refractivity contribution in [2.24, 2.45) is 0 Å². The molecule has 1 aliphatic heterocycles. The van der Waals surface area contributed by atoms with Gasteiger partial charge in [0, 0.05) is 27.1 Å². The smallest absolute Gasteiger partial charge is 0.326 e. The number of aliphatic hydroxyl groups excluding tert-OH is 1. The van der Waals surface area contributed by atoms with Gasteiger partial charge in [0.15, 0.2) is 0 Å². The molecule has 0 bridgehead atoms. The van der Waals surface area contributed by atoms with Gasteiger partial charge >= 0.3 is 12.0 Å². The number of amides is 3. The molecular formula is C10H17N3O5. The summed E-state index contributed by atoms with van der Waals surface area (Å²) in [5.41, 5.74) is 0. The molecule has 3 N–H and O–H groups in total. The summed E-state index contributed by atoms with van der Waals surface area (Å²) in [6.07, 6.45) is -0.842. The minimum absolute atomic E-state index is 0.00435. The molecule has 8 nitrogen and oxygen atoms in total. The van der Waals surface area contributed by atoms with Crippen LogP contribution in [0.2, 0.25) is 0 Å². The second-order valence-corrected chi connectivity index (χ2v) is 4.34. The highest BCUT2D eigenvalue weighted by molar-refractivity contribution is 5.87. The molecule has 18 heavy (non-hydrogen) atoms. The first-order valence-electron chi connectivity index (χ1n) is 5.48. The van der Waals surface area contributed by atoms with E-state index in [2.05, 4.69) is 5.32 Å². The van der Waals surface area contributed by atoms with Gasteiger partial charge in [0.05, 0.1) is 12.6 Å². The van der Waals surface area contributed by atoms with Crippen molar-refractivity contribution in [3.8, 4) is 0 Å². The molecule has 0 spiro atoms. The van der Waals surface area contributed by atoms with Crippen molar-refractivity contribution in [2.75, 3.05) is 27.2 Å². The Kier molecular flexibility index (Phi) is 4.49. The van der Waals surface area contributed by atoms with Crippen molar-refractivity contribution in [3.05, 3.63) is 0 Å². The van der Waals surface area contributed by atoms with Gasteiger partial charge in [0.2, 0.25) is 5.91 Å². The van der Waals surface area contributed by atoms with Crippen molar-refractivity contribution in [1.29, 1.82) is 0 Å². The zero-order valence-electron chi connectivity index (χ0n) is 10.3. The van der Waals surface area contributed by atoms with Crippen LogP contribution in [0, 0.1) is 0 Å². The van der Waals surface area contributed by atoms with Gasteiger partial charge in [-0.15, -0.1) is 0 Å². The summed E-state index contributed by atoms with van der Waals surface area (Å²) < 4.78 is 0. The molecule has 1 aliphatic rings. The van der Waals surface area contributed by atoms with E-state index >= 15 is 0 Å². The lowest BCUT2D eigenvalue weighted by Crippen LogP contribution is -2.48. The van der Waals surface area contributed by atoms with Gasteiger partial charge in [-0.25, -0.2) is 9.59 Å². The number of likely N-dealkylation sites (N-methyl/N-ethyl adjacent to an activating group) is 1. The average Bonchev–Trinajstić information content (AvgIpc) is 2.67. The number of hydrogen-bond donors (Lipinski definition) is 3. The van der Waals surface area contributed by atoms with Crippen LogP contribution in [0.5, 0.6) is 0 Å². The van der Waals surface area contributed by atoms with Gasteiger partial charge in [-0.2, -0.15) is 0 Å². The number of hydrogen-bond acceptors (Lipinski definition) is 4. The zero-order chi connectivity index (χ0) is 13.9. The molecule has 1 heterocycles. The Balaban J connectivity index is 2.55. The molecular weight excluding hydrogens is 242 g/mol. The molecule has 0 saturated carbocycles. The fourth-order valence-corrected chi connectivity index (χ4v) is 1.68. The lowest BCUT2D eigenvalue weighted by molar-refractivity contribution is -0.141. The Bertz CT molecular complexity index is 357. The molecule has 1 unspecified atom stereocenters. The predicted molar refractivity (Wildman–Crippen MR) is 60.8 cm³/mol. The minimum Gasteiger partial charge on any atom is -0.480 e. The number of aliphatic hydroxyl groups is 1. The third kappa shape index (κ3) is 3.33. The largest absolute Gasteiger partial charge is 0.480 e. The van der Waals surface area contributed by atoms with E-state index in [9.17, 15) is 19.5 Å². The number of carbonyl (C=O) groups is 3. The number of rotatable bonds is 3. The maximum atomic E-state index is 11.7. The summed E-state index contributed by atoms with van der Waals surface area (Å²) in [7, 11) is 3.10. The van der Waals surface area contributed by atoms with Crippen LogP contribution in [0.1, 0.15) is 6.42 Å². The molecule has 0 radical (unpaired) electrons. The van der Waals surface area contributed by atoms with E-state index in [1.807, 2.05) is 0 Å². The minimum atomic E-state index is -1.17. The fourth-order valence-electron chi connectivity index (χ4n) is 1.68. The van der Waals surface area contributed by atoms with Crippen LogP contribution in [-0.2, 0) is 9.59 Å². The number of β-amino-alcohol motifs (C(OH)–C–C–N with tert-alkyl or cyclic N) is 1. The monoisotopic (exact) mass is 259 g/mol. The van der Waals surface area contributed by atoms with Crippen molar-refractivity contribution in [2.45, 2.75) is 18.6 Å². The normalized spacial score (nSPS) is 22.7. The maximum absolute atomic E-state index is 11.7. The molecule has 1 fully saturated rings. The van der Waals surface area contributed by atoms with E-state index in [0.717, 1.165) is 4.90 Å². The summed E-state index contributed by atoms with van der Waals surface area (Å²) in [6.45, 7) is -0.246. The number of likely N-dealkylation sites (tertiary alicyclic amines) is 1. The van der Waals surface area contributed by atoms with Crippen molar-refractivity contribution >= 4 is 17.9 Å². The van der Waals surface area contributed by atoms with E-state index in [0.29, 0.717) is 0 Å². The molecule has 3 amide bonds. The molecule has 0 aromatic heterocycles. The first-order chi connectivity index (χ1) is 8.32. The number of carboxylic acid groups (broad SMARTS) is 1. The van der Waals surface area contributed by atoms with Crippen LogP contribution in [0.15, 0.2) is 0 Å². The van der Waals surface area contributed by atoms with Crippen molar-refractivity contribution < 1.29 is 24.6 Å². The Labute approximate surface area is 104 Å². The summed E-state index contributed by atoms with van der Waals surface area (Å²) in [4.78, 5) is 36.2. The second-order valence-electron chi connectivity index (χ2n) is 4.34. The van der Waals surface area contributed by atoms with Crippen LogP contribution in [-0.4, -0.2) is 77.3 Å². The highest BCUT2D eigenvalue weighted by Crippen LogP contribution is 2.17. The number of carbonyl (C=O) groups excluding carboxylic acids is 2. The maximum Gasteiger partial charge on any atom is 0.326 e. The van der Waals surface area contributed by atoms with E-state index in [1.54, 1.807) is 14.1 Å². The van der Waals surface area contributed by atoms with E-state index < -0.39 is 24.1 Å². The van der Waals surface area contributed by atoms with Gasteiger partial charge in [-0.1, -0.05) is 0 Å². The molecule has 0 aromatic carbocycles. The highest BCUT2D eigenvalue weighted by Gasteiger charge is 2.38. The number of nitrogens with zero attached hydrogens (tertiary/aromatic N) is 2. The van der Waals surface area contributed by atoms with Crippen LogP contribution in [0.3, 0.4) is 0 Å². The van der Waals surface area contributed by atoms with Crippen LogP contribution < -0.4 is 5.32 Å². The molecule has 102 valence electrons. The van der Waals surface area contributed by atoms with Crippen LogP contribution >= 0.6 is 0 Å². The number of urea groups is 1.